The van der Waals surface area contributed by atoms with Gasteiger partial charge in [-0.1, -0.05) is 13.8 Å². The molecule has 1 saturated carbocycles. The van der Waals surface area contributed by atoms with Gasteiger partial charge in [-0.2, -0.15) is 5.10 Å². The summed E-state index contributed by atoms with van der Waals surface area (Å²) < 4.78 is 1.91. The van der Waals surface area contributed by atoms with Crippen molar-refractivity contribution in [1.29, 1.82) is 0 Å². The molecular weight excluding hydrogens is 250 g/mol. The highest BCUT2D eigenvalue weighted by molar-refractivity contribution is 5.67. The van der Waals surface area contributed by atoms with Crippen molar-refractivity contribution in [2.45, 2.75) is 38.6 Å². The highest BCUT2D eigenvalue weighted by atomic mass is 15.2. The molecule has 5 heteroatoms. The van der Waals surface area contributed by atoms with Crippen LogP contribution in [0.25, 0.3) is 5.52 Å². The molecule has 0 amide bonds. The zero-order valence-electron chi connectivity index (χ0n) is 12.5. The van der Waals surface area contributed by atoms with Gasteiger partial charge >= 0.3 is 0 Å². The van der Waals surface area contributed by atoms with E-state index in [1.807, 2.05) is 10.7 Å². The molecule has 0 saturated heterocycles. The Labute approximate surface area is 120 Å². The molecule has 0 atom stereocenters. The molecule has 0 aliphatic heterocycles. The van der Waals surface area contributed by atoms with Crippen molar-refractivity contribution in [2.24, 2.45) is 0 Å². The lowest BCUT2D eigenvalue weighted by molar-refractivity contribution is 0.337. The molecule has 0 unspecified atom stereocenters. The number of fused-ring (bicyclic) bond motifs is 1. The van der Waals surface area contributed by atoms with Gasteiger partial charge in [-0.15, -0.1) is 0 Å². The number of hydrogen-bond donors (Lipinski definition) is 1. The summed E-state index contributed by atoms with van der Waals surface area (Å²) in [5.74, 6) is 1.36. The van der Waals surface area contributed by atoms with Gasteiger partial charge in [0.25, 0.3) is 0 Å². The van der Waals surface area contributed by atoms with E-state index in [4.69, 9.17) is 0 Å². The molecule has 0 radical (unpaired) electrons. The van der Waals surface area contributed by atoms with Crippen LogP contribution in [0.5, 0.6) is 0 Å². The van der Waals surface area contributed by atoms with E-state index in [9.17, 15) is 0 Å². The van der Waals surface area contributed by atoms with Gasteiger partial charge in [0.15, 0.2) is 5.82 Å². The molecule has 108 valence electrons. The summed E-state index contributed by atoms with van der Waals surface area (Å²) in [6.07, 6.45) is 6.41. The molecule has 2 aromatic heterocycles. The van der Waals surface area contributed by atoms with Crippen LogP contribution >= 0.6 is 0 Å². The van der Waals surface area contributed by atoms with Crippen molar-refractivity contribution in [3.8, 4) is 0 Å². The van der Waals surface area contributed by atoms with Crippen molar-refractivity contribution in [3.63, 3.8) is 0 Å². The van der Waals surface area contributed by atoms with Gasteiger partial charge in [0.1, 0.15) is 5.52 Å². The van der Waals surface area contributed by atoms with E-state index in [-0.39, 0.29) is 0 Å². The largest absolute Gasteiger partial charge is 0.367 e. The Bertz CT molecular complexity index is 585. The lowest BCUT2D eigenvalue weighted by Gasteiger charge is -2.16. The summed E-state index contributed by atoms with van der Waals surface area (Å²) in [7, 11) is 2.20. The van der Waals surface area contributed by atoms with Gasteiger partial charge in [0.05, 0.1) is 5.69 Å². The molecule has 2 aromatic rings. The SMILES string of the molecule is CC(C)c1cc2c(NCCN(C)C3CC3)nccn2n1. The molecule has 3 rings (SSSR count). The summed E-state index contributed by atoms with van der Waals surface area (Å²) in [5.41, 5.74) is 2.17. The quantitative estimate of drug-likeness (QED) is 0.877. The van der Waals surface area contributed by atoms with Crippen molar-refractivity contribution in [3.05, 3.63) is 24.2 Å². The van der Waals surface area contributed by atoms with E-state index in [0.717, 1.165) is 36.2 Å². The molecular formula is C15H23N5. The maximum Gasteiger partial charge on any atom is 0.152 e. The minimum absolute atomic E-state index is 0.434. The smallest absolute Gasteiger partial charge is 0.152 e. The van der Waals surface area contributed by atoms with Gasteiger partial charge in [-0.3, -0.25) is 0 Å². The number of likely N-dealkylation sites (N-methyl/N-ethyl adjacent to an activating group) is 1. The zero-order valence-corrected chi connectivity index (χ0v) is 12.5. The first kappa shape index (κ1) is 13.4. The molecule has 1 aliphatic rings. The summed E-state index contributed by atoms with van der Waals surface area (Å²) in [5, 5.41) is 8.02. The zero-order chi connectivity index (χ0) is 14.1. The van der Waals surface area contributed by atoms with Gasteiger partial charge < -0.3 is 10.2 Å². The third-order valence-electron chi connectivity index (χ3n) is 3.93. The second kappa shape index (κ2) is 5.40. The van der Waals surface area contributed by atoms with Crippen molar-refractivity contribution in [1.82, 2.24) is 19.5 Å². The highest BCUT2D eigenvalue weighted by Gasteiger charge is 2.25. The van der Waals surface area contributed by atoms with Gasteiger partial charge in [-0.25, -0.2) is 9.50 Å². The van der Waals surface area contributed by atoms with Crippen molar-refractivity contribution in [2.75, 3.05) is 25.5 Å². The van der Waals surface area contributed by atoms with E-state index < -0.39 is 0 Å². The fourth-order valence-electron chi connectivity index (χ4n) is 2.41. The first-order chi connectivity index (χ1) is 9.65. The van der Waals surface area contributed by atoms with Crippen LogP contribution in [0.2, 0.25) is 0 Å². The van der Waals surface area contributed by atoms with Crippen LogP contribution in [0.1, 0.15) is 38.3 Å². The minimum atomic E-state index is 0.434. The van der Waals surface area contributed by atoms with E-state index in [2.05, 4.69) is 47.3 Å². The highest BCUT2D eigenvalue weighted by Crippen LogP contribution is 2.25. The predicted octanol–water partition coefficient (Wildman–Crippen LogP) is 2.36. The van der Waals surface area contributed by atoms with Crippen LogP contribution in [0, 0.1) is 0 Å². The van der Waals surface area contributed by atoms with Crippen molar-refractivity contribution < 1.29 is 0 Å². The number of rotatable bonds is 6. The van der Waals surface area contributed by atoms with Gasteiger partial charge in [0.2, 0.25) is 0 Å². The van der Waals surface area contributed by atoms with E-state index in [1.165, 1.54) is 12.8 Å². The van der Waals surface area contributed by atoms with E-state index in [0.29, 0.717) is 5.92 Å². The maximum absolute atomic E-state index is 4.58. The molecule has 2 heterocycles. The Hall–Kier alpha value is -1.62. The Balaban J connectivity index is 1.70. The Kier molecular flexibility index (Phi) is 3.61. The molecule has 1 N–H and O–H groups in total. The second-order valence-corrected chi connectivity index (χ2v) is 5.97. The number of aromatic nitrogens is 3. The Morgan fingerprint density at radius 3 is 2.95 bits per heavy atom. The molecule has 1 fully saturated rings. The third-order valence-corrected chi connectivity index (χ3v) is 3.93. The lowest BCUT2D eigenvalue weighted by atomic mass is 10.1. The second-order valence-electron chi connectivity index (χ2n) is 5.97. The number of hydrogen-bond acceptors (Lipinski definition) is 4. The topological polar surface area (TPSA) is 45.5 Å². The number of nitrogens with one attached hydrogen (secondary N) is 1. The standard InChI is InChI=1S/C15H23N5/c1-11(2)13-10-14-15(17-7-9-20(14)18-13)16-6-8-19(3)12-4-5-12/h7,9-12H,4-6,8H2,1-3H3,(H,16,17). The van der Waals surface area contributed by atoms with Crippen LogP contribution in [-0.4, -0.2) is 45.7 Å². The molecule has 20 heavy (non-hydrogen) atoms. The lowest BCUT2D eigenvalue weighted by Crippen LogP contribution is -2.27. The Morgan fingerprint density at radius 2 is 2.25 bits per heavy atom. The fraction of sp³-hybridized carbons (Fsp3) is 0.600. The van der Waals surface area contributed by atoms with Crippen LogP contribution in [0.4, 0.5) is 5.82 Å². The molecule has 5 nitrogen and oxygen atoms in total. The summed E-state index contributed by atoms with van der Waals surface area (Å²) in [4.78, 5) is 6.87. The summed E-state index contributed by atoms with van der Waals surface area (Å²) in [6.45, 7) is 6.29. The summed E-state index contributed by atoms with van der Waals surface area (Å²) in [6, 6.07) is 2.94. The van der Waals surface area contributed by atoms with Crippen molar-refractivity contribution >= 4 is 11.3 Å². The average Bonchev–Trinajstić information content (AvgIpc) is 3.17. The molecule has 1 aliphatic carbocycles. The van der Waals surface area contributed by atoms with Crippen LogP contribution < -0.4 is 5.32 Å². The molecule has 0 spiro atoms. The first-order valence-corrected chi connectivity index (χ1v) is 7.43. The van der Waals surface area contributed by atoms with Crippen LogP contribution in [0.3, 0.4) is 0 Å². The summed E-state index contributed by atoms with van der Waals surface area (Å²) >= 11 is 0. The van der Waals surface area contributed by atoms with E-state index >= 15 is 0 Å². The fourth-order valence-corrected chi connectivity index (χ4v) is 2.41. The van der Waals surface area contributed by atoms with Gasteiger partial charge in [-0.05, 0) is 31.9 Å². The number of nitrogens with zero attached hydrogens (tertiary/aromatic N) is 4. The average molecular weight is 273 g/mol. The van der Waals surface area contributed by atoms with Gasteiger partial charge in [0, 0.05) is 31.5 Å². The Morgan fingerprint density at radius 1 is 1.45 bits per heavy atom. The predicted molar refractivity (Wildman–Crippen MR) is 81.2 cm³/mol. The third kappa shape index (κ3) is 2.77. The normalized spacial score (nSPS) is 15.4. The van der Waals surface area contributed by atoms with Crippen LogP contribution in [0.15, 0.2) is 18.5 Å². The van der Waals surface area contributed by atoms with Crippen LogP contribution in [-0.2, 0) is 0 Å². The minimum Gasteiger partial charge on any atom is -0.367 e. The first-order valence-electron chi connectivity index (χ1n) is 7.43. The number of anilines is 1. The maximum atomic E-state index is 4.58. The molecule has 0 bridgehead atoms. The van der Waals surface area contributed by atoms with E-state index in [1.54, 1.807) is 6.20 Å². The molecule has 0 aromatic carbocycles. The monoisotopic (exact) mass is 273 g/mol.